The molecule has 1 aliphatic rings. The molecular weight excluding hydrogens is 149 g/mol. The van der Waals surface area contributed by atoms with Gasteiger partial charge in [-0.1, -0.05) is 27.7 Å². The van der Waals surface area contributed by atoms with Gasteiger partial charge in [-0.2, -0.15) is 5.53 Å². The summed E-state index contributed by atoms with van der Waals surface area (Å²) < 4.78 is 0. The van der Waals surface area contributed by atoms with Crippen molar-refractivity contribution in [3.63, 3.8) is 0 Å². The third-order valence-corrected chi connectivity index (χ3v) is 1.82. The number of hydrazine groups is 2. The predicted molar refractivity (Wildman–Crippen MR) is 53.3 cm³/mol. The molecule has 2 N–H and O–H groups in total. The number of nitrogens with one attached hydrogen (secondary N) is 2. The number of hydrogen-bond donors (Lipinski definition) is 2. The van der Waals surface area contributed by atoms with E-state index in [9.17, 15) is 0 Å². The second-order valence-corrected chi connectivity index (χ2v) is 4.02. The number of rotatable bonds is 3. The highest BCUT2D eigenvalue weighted by Crippen LogP contribution is 2.11. The van der Waals surface area contributed by atoms with Crippen molar-refractivity contribution < 1.29 is 0 Å². The van der Waals surface area contributed by atoms with Gasteiger partial charge in [-0.15, -0.1) is 0 Å². The summed E-state index contributed by atoms with van der Waals surface area (Å²) in [5.74, 6) is 1.25. The van der Waals surface area contributed by atoms with Gasteiger partial charge >= 0.3 is 0 Å². The van der Waals surface area contributed by atoms with Crippen molar-refractivity contribution in [1.82, 2.24) is 15.9 Å². The first-order valence-electron chi connectivity index (χ1n) is 4.59. The number of allylic oxidation sites excluding steroid dienone is 1. The smallest absolute Gasteiger partial charge is 0.261 e. The van der Waals surface area contributed by atoms with Gasteiger partial charge in [0.2, 0.25) is 0 Å². The van der Waals surface area contributed by atoms with Crippen LogP contribution in [0.2, 0.25) is 5.82 Å². The van der Waals surface area contributed by atoms with Gasteiger partial charge in [0.05, 0.1) is 0 Å². The van der Waals surface area contributed by atoms with Crippen molar-refractivity contribution in [3.05, 3.63) is 11.9 Å². The molecule has 1 rings (SSSR count). The predicted octanol–water partition coefficient (Wildman–Crippen LogP) is 0.988. The second kappa shape index (κ2) is 3.85. The van der Waals surface area contributed by atoms with Crippen LogP contribution in [-0.4, -0.2) is 12.3 Å². The first-order valence-corrected chi connectivity index (χ1v) is 4.59. The Labute approximate surface area is 75.4 Å². The van der Waals surface area contributed by atoms with Gasteiger partial charge < -0.3 is 10.3 Å². The lowest BCUT2D eigenvalue weighted by Gasteiger charge is -2.15. The summed E-state index contributed by atoms with van der Waals surface area (Å²) in [6.07, 6.45) is 2.14. The molecule has 1 aliphatic heterocycles. The minimum atomic E-state index is 0.565. The summed E-state index contributed by atoms with van der Waals surface area (Å²) in [6.45, 7) is 8.78. The molecule has 0 aromatic heterocycles. The van der Waals surface area contributed by atoms with Crippen molar-refractivity contribution in [2.45, 2.75) is 33.5 Å². The Bertz CT molecular complexity index is 177. The second-order valence-electron chi connectivity index (χ2n) is 4.02. The van der Waals surface area contributed by atoms with Crippen LogP contribution < -0.4 is 11.0 Å². The monoisotopic (exact) mass is 167 g/mol. The number of hydrogen-bond acceptors (Lipinski definition) is 3. The normalized spacial score (nSPS) is 16.8. The van der Waals surface area contributed by atoms with Crippen LogP contribution >= 0.6 is 0 Å². The van der Waals surface area contributed by atoms with Gasteiger partial charge in [0, 0.05) is 11.9 Å². The van der Waals surface area contributed by atoms with Gasteiger partial charge in [-0.3, -0.25) is 0 Å². The van der Waals surface area contributed by atoms with Crippen LogP contribution in [0.3, 0.4) is 0 Å². The van der Waals surface area contributed by atoms with Crippen LogP contribution in [0.1, 0.15) is 27.7 Å². The Morgan fingerprint density at radius 1 is 1.33 bits per heavy atom. The van der Waals surface area contributed by atoms with Crippen LogP contribution in [0.5, 0.6) is 0 Å². The molecule has 4 heteroatoms. The SMILES string of the molecule is CC(C)BN1C=C(C(C)C)NN1. The molecular formula is C8H18BN3. The van der Waals surface area contributed by atoms with Crippen LogP contribution in [0, 0.1) is 5.92 Å². The molecule has 3 nitrogen and oxygen atoms in total. The average Bonchev–Trinajstić information content (AvgIpc) is 2.34. The van der Waals surface area contributed by atoms with Crippen molar-refractivity contribution in [2.24, 2.45) is 5.92 Å². The topological polar surface area (TPSA) is 27.3 Å². The molecule has 0 unspecified atom stereocenters. The van der Waals surface area contributed by atoms with E-state index in [1.165, 1.54) is 5.70 Å². The largest absolute Gasteiger partial charge is 0.344 e. The van der Waals surface area contributed by atoms with Gasteiger partial charge in [0.15, 0.2) is 0 Å². The molecule has 0 fully saturated rings. The van der Waals surface area contributed by atoms with Crippen LogP contribution in [-0.2, 0) is 0 Å². The maximum atomic E-state index is 3.15. The van der Waals surface area contributed by atoms with Gasteiger partial charge in [0.25, 0.3) is 7.41 Å². The third kappa shape index (κ3) is 2.45. The highest BCUT2D eigenvalue weighted by molar-refractivity contribution is 6.34. The Morgan fingerprint density at radius 3 is 2.42 bits per heavy atom. The van der Waals surface area contributed by atoms with Gasteiger partial charge in [-0.05, 0) is 11.7 Å². The molecule has 0 amide bonds. The Hall–Kier alpha value is -0.635. The van der Waals surface area contributed by atoms with Gasteiger partial charge in [-0.25, -0.2) is 0 Å². The number of nitrogens with zero attached hydrogens (tertiary/aromatic N) is 1. The molecule has 0 saturated heterocycles. The lowest BCUT2D eigenvalue weighted by atomic mass is 9.78. The summed E-state index contributed by atoms with van der Waals surface area (Å²) in [5.41, 5.74) is 7.52. The Balaban J connectivity index is 2.42. The Kier molecular flexibility index (Phi) is 3.03. The van der Waals surface area contributed by atoms with Crippen molar-refractivity contribution in [1.29, 1.82) is 0 Å². The van der Waals surface area contributed by atoms with Crippen molar-refractivity contribution in [2.75, 3.05) is 0 Å². The van der Waals surface area contributed by atoms with Gasteiger partial charge in [0.1, 0.15) is 0 Å². The summed E-state index contributed by atoms with van der Waals surface area (Å²) in [5, 5.41) is 0. The minimum absolute atomic E-state index is 0.565. The molecule has 0 spiro atoms. The first-order chi connectivity index (χ1) is 5.59. The van der Waals surface area contributed by atoms with E-state index in [4.69, 9.17) is 0 Å². The van der Waals surface area contributed by atoms with E-state index in [2.05, 4.69) is 49.8 Å². The van der Waals surface area contributed by atoms with Crippen molar-refractivity contribution >= 4 is 7.41 Å². The third-order valence-electron chi connectivity index (χ3n) is 1.82. The summed E-state index contributed by atoms with van der Waals surface area (Å²) in [4.78, 5) is 2.10. The zero-order valence-corrected chi connectivity index (χ0v) is 8.39. The minimum Gasteiger partial charge on any atom is -0.344 e. The van der Waals surface area contributed by atoms with E-state index in [1.807, 2.05) is 0 Å². The van der Waals surface area contributed by atoms with E-state index in [1.54, 1.807) is 0 Å². The lowest BCUT2D eigenvalue weighted by Crippen LogP contribution is -2.39. The molecule has 1 heterocycles. The van der Waals surface area contributed by atoms with Crippen LogP contribution in [0.15, 0.2) is 11.9 Å². The summed E-state index contributed by atoms with van der Waals surface area (Å²) in [6, 6.07) is 0. The van der Waals surface area contributed by atoms with Crippen LogP contribution in [0.25, 0.3) is 0 Å². The molecule has 0 saturated carbocycles. The van der Waals surface area contributed by atoms with E-state index in [0.29, 0.717) is 11.7 Å². The summed E-state index contributed by atoms with van der Waals surface area (Å²) >= 11 is 0. The fraction of sp³-hybridized carbons (Fsp3) is 0.750. The van der Waals surface area contributed by atoms with E-state index < -0.39 is 0 Å². The summed E-state index contributed by atoms with van der Waals surface area (Å²) in [7, 11) is 1.04. The standard InChI is InChI=1S/C8H18BN3/c1-6(2)8-5-12(11-10-8)9-7(3)4/h5-7,9-11H,1-4H3. The molecule has 0 bridgehead atoms. The maximum Gasteiger partial charge on any atom is 0.261 e. The fourth-order valence-corrected chi connectivity index (χ4v) is 1.15. The molecule has 0 aromatic rings. The fourth-order valence-electron chi connectivity index (χ4n) is 1.15. The van der Waals surface area contributed by atoms with Crippen molar-refractivity contribution in [3.8, 4) is 0 Å². The molecule has 12 heavy (non-hydrogen) atoms. The lowest BCUT2D eigenvalue weighted by molar-refractivity contribution is 0.411. The highest BCUT2D eigenvalue weighted by Gasteiger charge is 2.14. The van der Waals surface area contributed by atoms with Crippen LogP contribution in [0.4, 0.5) is 0 Å². The van der Waals surface area contributed by atoms with E-state index in [0.717, 1.165) is 7.41 Å². The van der Waals surface area contributed by atoms with E-state index in [-0.39, 0.29) is 0 Å². The quantitative estimate of drug-likeness (QED) is 0.613. The zero-order chi connectivity index (χ0) is 9.14. The molecule has 68 valence electrons. The molecule has 0 aliphatic carbocycles. The van der Waals surface area contributed by atoms with E-state index >= 15 is 0 Å². The first kappa shape index (κ1) is 9.45. The maximum absolute atomic E-state index is 3.15. The zero-order valence-electron chi connectivity index (χ0n) is 8.39. The average molecular weight is 167 g/mol. The Morgan fingerprint density at radius 2 is 2.00 bits per heavy atom. The highest BCUT2D eigenvalue weighted by atomic mass is 15.7. The molecule has 0 atom stereocenters. The molecule has 0 radical (unpaired) electrons. The molecule has 0 aromatic carbocycles.